The van der Waals surface area contributed by atoms with Crippen LogP contribution in [0, 0.1) is 0 Å². The second-order valence-corrected chi connectivity index (χ2v) is 6.85. The fourth-order valence-electron chi connectivity index (χ4n) is 3.54. The Bertz CT molecular complexity index is 961. The third-order valence-corrected chi connectivity index (χ3v) is 5.19. The van der Waals surface area contributed by atoms with Gasteiger partial charge >= 0.3 is 0 Å². The number of hydrogen-bond donors (Lipinski definition) is 1. The maximum Gasteiger partial charge on any atom is 0.232 e. The van der Waals surface area contributed by atoms with Crippen molar-refractivity contribution in [3.63, 3.8) is 0 Å². The molecule has 0 spiro atoms. The number of amides is 1. The van der Waals surface area contributed by atoms with E-state index in [1.807, 2.05) is 37.3 Å². The Kier molecular flexibility index (Phi) is 4.37. The van der Waals surface area contributed by atoms with Crippen molar-refractivity contribution in [1.29, 1.82) is 0 Å². The van der Waals surface area contributed by atoms with Gasteiger partial charge in [0.05, 0.1) is 19.2 Å². The standard InChI is InChI=1S/C21H23N3O2/c1-14(15-6-7-17-12-18(26-2)9-8-16(17)11-15)21(25)23-20-13-22-19-5-3-4-10-24(19)20/h6-9,11-14H,3-5,10H2,1-2H3,(H,23,25)/t14-/m0/s1. The van der Waals surface area contributed by atoms with Crippen LogP contribution >= 0.6 is 0 Å². The summed E-state index contributed by atoms with van der Waals surface area (Å²) in [6.07, 6.45) is 5.07. The lowest BCUT2D eigenvalue weighted by Gasteiger charge is -2.18. The quantitative estimate of drug-likeness (QED) is 0.771. The van der Waals surface area contributed by atoms with Crippen molar-refractivity contribution in [3.05, 3.63) is 54.0 Å². The molecule has 3 aromatic rings. The van der Waals surface area contributed by atoms with Gasteiger partial charge < -0.3 is 14.6 Å². The van der Waals surface area contributed by atoms with E-state index in [4.69, 9.17) is 4.74 Å². The zero-order chi connectivity index (χ0) is 18.1. The van der Waals surface area contributed by atoms with E-state index in [1.165, 1.54) is 6.42 Å². The number of carbonyl (C=O) groups is 1. The van der Waals surface area contributed by atoms with Gasteiger partial charge in [-0.05, 0) is 48.2 Å². The van der Waals surface area contributed by atoms with E-state index in [-0.39, 0.29) is 11.8 Å². The predicted octanol–water partition coefficient (Wildman–Crippen LogP) is 4.12. The summed E-state index contributed by atoms with van der Waals surface area (Å²) in [6, 6.07) is 12.1. The number of fused-ring (bicyclic) bond motifs is 2. The van der Waals surface area contributed by atoms with Gasteiger partial charge in [-0.2, -0.15) is 0 Å². The van der Waals surface area contributed by atoms with Crippen LogP contribution in [-0.4, -0.2) is 22.6 Å². The Hall–Kier alpha value is -2.82. The maximum absolute atomic E-state index is 12.8. The van der Waals surface area contributed by atoms with E-state index >= 15 is 0 Å². The van der Waals surface area contributed by atoms with Gasteiger partial charge in [0, 0.05) is 13.0 Å². The number of rotatable bonds is 4. The van der Waals surface area contributed by atoms with Gasteiger partial charge in [-0.15, -0.1) is 0 Å². The molecule has 2 aromatic carbocycles. The number of nitrogens with one attached hydrogen (secondary N) is 1. The van der Waals surface area contributed by atoms with Crippen LogP contribution in [0.4, 0.5) is 5.82 Å². The molecule has 1 aromatic heterocycles. The highest BCUT2D eigenvalue weighted by molar-refractivity contribution is 5.96. The number of anilines is 1. The van der Waals surface area contributed by atoms with Crippen molar-refractivity contribution >= 4 is 22.5 Å². The minimum Gasteiger partial charge on any atom is -0.497 e. The molecule has 1 amide bonds. The number of carbonyl (C=O) groups excluding carboxylic acids is 1. The molecule has 5 nitrogen and oxygen atoms in total. The third kappa shape index (κ3) is 3.05. The number of hydrogen-bond acceptors (Lipinski definition) is 3. The summed E-state index contributed by atoms with van der Waals surface area (Å²) in [5.41, 5.74) is 0.999. The van der Waals surface area contributed by atoms with E-state index in [0.29, 0.717) is 0 Å². The Morgan fingerprint density at radius 2 is 2.00 bits per heavy atom. The van der Waals surface area contributed by atoms with Crippen molar-refractivity contribution in [3.8, 4) is 5.75 Å². The number of aryl methyl sites for hydroxylation is 1. The van der Waals surface area contributed by atoms with Crippen molar-refractivity contribution in [2.75, 3.05) is 12.4 Å². The average Bonchev–Trinajstić information content (AvgIpc) is 3.09. The molecule has 2 heterocycles. The minimum atomic E-state index is -0.240. The molecule has 0 saturated carbocycles. The van der Waals surface area contributed by atoms with E-state index in [0.717, 1.165) is 53.1 Å². The van der Waals surface area contributed by atoms with E-state index in [1.54, 1.807) is 13.3 Å². The molecular weight excluding hydrogens is 326 g/mol. The van der Waals surface area contributed by atoms with Crippen LogP contribution in [0.2, 0.25) is 0 Å². The molecule has 5 heteroatoms. The minimum absolute atomic E-state index is 0.00821. The molecule has 134 valence electrons. The molecule has 1 atom stereocenters. The summed E-state index contributed by atoms with van der Waals surface area (Å²) in [5.74, 6) is 2.46. The number of imidazole rings is 1. The monoisotopic (exact) mass is 349 g/mol. The van der Waals surface area contributed by atoms with Gasteiger partial charge in [-0.25, -0.2) is 4.98 Å². The molecule has 4 rings (SSSR count). The number of nitrogens with zero attached hydrogens (tertiary/aromatic N) is 2. The van der Waals surface area contributed by atoms with Crippen molar-refractivity contribution in [2.45, 2.75) is 38.6 Å². The average molecular weight is 349 g/mol. The molecular formula is C21H23N3O2. The molecule has 0 unspecified atom stereocenters. The summed E-state index contributed by atoms with van der Waals surface area (Å²) >= 11 is 0. The lowest BCUT2D eigenvalue weighted by atomic mass is 9.97. The summed E-state index contributed by atoms with van der Waals surface area (Å²) in [4.78, 5) is 17.2. The van der Waals surface area contributed by atoms with Crippen molar-refractivity contribution in [1.82, 2.24) is 9.55 Å². The molecule has 1 aliphatic rings. The highest BCUT2D eigenvalue weighted by Gasteiger charge is 2.20. The zero-order valence-corrected chi connectivity index (χ0v) is 15.2. The zero-order valence-electron chi connectivity index (χ0n) is 15.2. The molecule has 0 bridgehead atoms. The summed E-state index contributed by atoms with van der Waals surface area (Å²) in [6.45, 7) is 2.87. The molecule has 0 radical (unpaired) electrons. The first-order chi connectivity index (χ1) is 12.7. The highest BCUT2D eigenvalue weighted by Crippen LogP contribution is 2.26. The van der Waals surface area contributed by atoms with E-state index in [2.05, 4.69) is 20.9 Å². The molecule has 0 fully saturated rings. The van der Waals surface area contributed by atoms with Crippen LogP contribution < -0.4 is 10.1 Å². The topological polar surface area (TPSA) is 56.1 Å². The molecule has 1 N–H and O–H groups in total. The number of ether oxygens (including phenoxy) is 1. The van der Waals surface area contributed by atoms with E-state index < -0.39 is 0 Å². The SMILES string of the molecule is COc1ccc2cc([C@H](C)C(=O)Nc3cnc4n3CCCC4)ccc2c1. The van der Waals surface area contributed by atoms with Crippen molar-refractivity contribution < 1.29 is 9.53 Å². The van der Waals surface area contributed by atoms with Gasteiger partial charge in [0.15, 0.2) is 0 Å². The number of methoxy groups -OCH3 is 1. The van der Waals surface area contributed by atoms with Gasteiger partial charge in [0.25, 0.3) is 0 Å². The number of benzene rings is 2. The second kappa shape index (κ2) is 6.83. The smallest absolute Gasteiger partial charge is 0.232 e. The first kappa shape index (κ1) is 16.6. The van der Waals surface area contributed by atoms with Crippen molar-refractivity contribution in [2.24, 2.45) is 0 Å². The molecule has 1 aliphatic heterocycles. The Morgan fingerprint density at radius 1 is 1.19 bits per heavy atom. The molecule has 26 heavy (non-hydrogen) atoms. The lowest BCUT2D eigenvalue weighted by Crippen LogP contribution is -2.22. The lowest BCUT2D eigenvalue weighted by molar-refractivity contribution is -0.117. The van der Waals surface area contributed by atoms with Crippen LogP contribution in [0.1, 0.15) is 37.1 Å². The van der Waals surface area contributed by atoms with Crippen LogP contribution in [0.15, 0.2) is 42.6 Å². The second-order valence-electron chi connectivity index (χ2n) is 6.85. The van der Waals surface area contributed by atoms with Crippen LogP contribution in [0.3, 0.4) is 0 Å². The van der Waals surface area contributed by atoms with Crippen LogP contribution in [0.25, 0.3) is 10.8 Å². The Morgan fingerprint density at radius 3 is 2.85 bits per heavy atom. The highest BCUT2D eigenvalue weighted by atomic mass is 16.5. The third-order valence-electron chi connectivity index (χ3n) is 5.19. The maximum atomic E-state index is 12.8. The number of aromatic nitrogens is 2. The predicted molar refractivity (Wildman–Crippen MR) is 103 cm³/mol. The van der Waals surface area contributed by atoms with Gasteiger partial charge in [-0.3, -0.25) is 4.79 Å². The summed E-state index contributed by atoms with van der Waals surface area (Å²) < 4.78 is 7.40. The largest absolute Gasteiger partial charge is 0.497 e. The van der Waals surface area contributed by atoms with Gasteiger partial charge in [0.1, 0.15) is 17.4 Å². The normalized spacial score (nSPS) is 14.7. The Labute approximate surface area is 153 Å². The van der Waals surface area contributed by atoms with E-state index in [9.17, 15) is 4.79 Å². The first-order valence-electron chi connectivity index (χ1n) is 9.08. The van der Waals surface area contributed by atoms with Gasteiger partial charge in [0.2, 0.25) is 5.91 Å². The van der Waals surface area contributed by atoms with Crippen LogP contribution in [-0.2, 0) is 17.8 Å². The first-order valence-corrected chi connectivity index (χ1v) is 9.08. The Balaban J connectivity index is 1.55. The molecule has 0 saturated heterocycles. The summed E-state index contributed by atoms with van der Waals surface area (Å²) in [5, 5.41) is 5.26. The van der Waals surface area contributed by atoms with Gasteiger partial charge in [-0.1, -0.05) is 24.3 Å². The summed E-state index contributed by atoms with van der Waals surface area (Å²) in [7, 11) is 1.66. The molecule has 0 aliphatic carbocycles. The van der Waals surface area contributed by atoms with Crippen LogP contribution in [0.5, 0.6) is 5.75 Å². The fourth-order valence-corrected chi connectivity index (χ4v) is 3.54. The fraction of sp³-hybridized carbons (Fsp3) is 0.333.